The molecule has 0 aromatic carbocycles. The zero-order chi connectivity index (χ0) is 15.5. The van der Waals surface area contributed by atoms with E-state index in [2.05, 4.69) is 20.6 Å². The van der Waals surface area contributed by atoms with Gasteiger partial charge in [-0.1, -0.05) is 0 Å². The van der Waals surface area contributed by atoms with Gasteiger partial charge >= 0.3 is 0 Å². The highest BCUT2D eigenvalue weighted by Gasteiger charge is 2.29. The van der Waals surface area contributed by atoms with Crippen molar-refractivity contribution in [3.05, 3.63) is 35.9 Å². The molecule has 1 atom stereocenters. The Morgan fingerprint density at radius 3 is 2.73 bits per heavy atom. The molecule has 1 saturated heterocycles. The van der Waals surface area contributed by atoms with Gasteiger partial charge in [0.25, 0.3) is 0 Å². The summed E-state index contributed by atoms with van der Waals surface area (Å²) in [7, 11) is 3.67. The predicted molar refractivity (Wildman–Crippen MR) is 82.2 cm³/mol. The number of carbonyl (C=O) groups excluding carboxylic acids is 1. The normalized spacial score (nSPS) is 17.6. The van der Waals surface area contributed by atoms with Crippen molar-refractivity contribution in [3.8, 4) is 0 Å². The fourth-order valence-corrected chi connectivity index (χ4v) is 3.12. The third-order valence-corrected chi connectivity index (χ3v) is 4.39. The molecule has 0 radical (unpaired) electrons. The van der Waals surface area contributed by atoms with Crippen LogP contribution in [-0.2, 0) is 11.8 Å². The van der Waals surface area contributed by atoms with E-state index in [-0.39, 0.29) is 11.9 Å². The number of likely N-dealkylation sites (tertiary alicyclic amines) is 1. The molecule has 3 rings (SSSR count). The van der Waals surface area contributed by atoms with Crippen LogP contribution in [0.15, 0.2) is 24.8 Å². The summed E-state index contributed by atoms with van der Waals surface area (Å²) in [6, 6.07) is -0.320. The fraction of sp³-hybridized carbons (Fsp3) is 0.533. The fourth-order valence-electron chi connectivity index (χ4n) is 3.12. The summed E-state index contributed by atoms with van der Waals surface area (Å²) in [5.74, 6) is 0.621. The Kier molecular flexibility index (Phi) is 4.24. The minimum Gasteiger partial charge on any atom is -0.341 e. The average Bonchev–Trinajstić information content (AvgIpc) is 3.20. The van der Waals surface area contributed by atoms with Crippen molar-refractivity contribution in [1.82, 2.24) is 30.2 Å². The number of carbonyl (C=O) groups is 1. The van der Waals surface area contributed by atoms with Gasteiger partial charge in [0, 0.05) is 38.1 Å². The summed E-state index contributed by atoms with van der Waals surface area (Å²) in [5.41, 5.74) is 2.15. The molecule has 7 heteroatoms. The van der Waals surface area contributed by atoms with Crippen LogP contribution in [0.1, 0.15) is 35.9 Å². The van der Waals surface area contributed by atoms with Gasteiger partial charge in [-0.05, 0) is 31.4 Å². The second kappa shape index (κ2) is 6.31. The van der Waals surface area contributed by atoms with Crippen LogP contribution in [0.25, 0.3) is 0 Å². The van der Waals surface area contributed by atoms with E-state index in [1.165, 1.54) is 5.56 Å². The van der Waals surface area contributed by atoms with E-state index in [9.17, 15) is 4.79 Å². The van der Waals surface area contributed by atoms with Crippen molar-refractivity contribution in [2.45, 2.75) is 24.8 Å². The molecule has 1 unspecified atom stereocenters. The number of nitrogens with one attached hydrogen (secondary N) is 2. The molecule has 118 valence electrons. The summed E-state index contributed by atoms with van der Waals surface area (Å²) in [4.78, 5) is 14.7. The first-order valence-corrected chi connectivity index (χ1v) is 7.62. The lowest BCUT2D eigenvalue weighted by Crippen LogP contribution is -2.43. The summed E-state index contributed by atoms with van der Waals surface area (Å²) >= 11 is 0. The van der Waals surface area contributed by atoms with E-state index >= 15 is 0 Å². The summed E-state index contributed by atoms with van der Waals surface area (Å²) in [5, 5.41) is 14.1. The lowest BCUT2D eigenvalue weighted by Gasteiger charge is -2.33. The van der Waals surface area contributed by atoms with E-state index in [1.807, 2.05) is 37.6 Å². The zero-order valence-electron chi connectivity index (χ0n) is 13.0. The molecule has 1 amide bonds. The van der Waals surface area contributed by atoms with Gasteiger partial charge in [-0.2, -0.15) is 10.2 Å². The number of piperidine rings is 1. The first kappa shape index (κ1) is 14.8. The van der Waals surface area contributed by atoms with Crippen LogP contribution in [0.3, 0.4) is 0 Å². The zero-order valence-corrected chi connectivity index (χ0v) is 13.0. The topological polar surface area (TPSA) is 78.8 Å². The van der Waals surface area contributed by atoms with Crippen LogP contribution >= 0.6 is 0 Å². The van der Waals surface area contributed by atoms with Crippen LogP contribution in [-0.4, -0.2) is 50.9 Å². The van der Waals surface area contributed by atoms with Gasteiger partial charge < -0.3 is 10.2 Å². The predicted octanol–water partition coefficient (Wildman–Crippen LogP) is 0.810. The second-order valence-corrected chi connectivity index (χ2v) is 5.80. The minimum atomic E-state index is -0.320. The molecule has 0 aliphatic carbocycles. The van der Waals surface area contributed by atoms with Crippen LogP contribution in [0.4, 0.5) is 0 Å². The van der Waals surface area contributed by atoms with Crippen LogP contribution < -0.4 is 5.32 Å². The average molecular weight is 302 g/mol. The van der Waals surface area contributed by atoms with Crippen LogP contribution in [0.5, 0.6) is 0 Å². The van der Waals surface area contributed by atoms with Crippen molar-refractivity contribution >= 4 is 5.91 Å². The lowest BCUT2D eigenvalue weighted by atomic mass is 9.91. The molecule has 2 aromatic rings. The molecule has 1 aliphatic heterocycles. The largest absolute Gasteiger partial charge is 0.341 e. The summed E-state index contributed by atoms with van der Waals surface area (Å²) < 4.78 is 1.72. The quantitative estimate of drug-likeness (QED) is 0.876. The Morgan fingerprint density at radius 2 is 2.18 bits per heavy atom. The lowest BCUT2D eigenvalue weighted by molar-refractivity contribution is -0.134. The molecule has 2 aromatic heterocycles. The maximum Gasteiger partial charge on any atom is 0.244 e. The van der Waals surface area contributed by atoms with Crippen molar-refractivity contribution in [2.24, 2.45) is 7.05 Å². The minimum absolute atomic E-state index is 0.126. The van der Waals surface area contributed by atoms with Gasteiger partial charge in [0.2, 0.25) is 5.91 Å². The number of hydrogen-bond donors (Lipinski definition) is 2. The number of aryl methyl sites for hydroxylation is 1. The molecule has 1 aliphatic rings. The van der Waals surface area contributed by atoms with Crippen molar-refractivity contribution in [2.75, 3.05) is 20.1 Å². The number of rotatable bonds is 4. The highest BCUT2D eigenvalue weighted by Crippen LogP contribution is 2.28. The van der Waals surface area contributed by atoms with Gasteiger partial charge in [0.05, 0.1) is 12.4 Å². The molecule has 3 heterocycles. The standard InChI is InChI=1S/C15H22N6O/c1-16-14(13-9-19-20(2)10-13)15(22)21-5-3-11(4-6-21)12-7-17-18-8-12/h7-11,14,16H,3-6H2,1-2H3,(H,17,18). The Hall–Kier alpha value is -2.15. The second-order valence-electron chi connectivity index (χ2n) is 5.80. The molecule has 0 spiro atoms. The van der Waals surface area contributed by atoms with E-state index in [4.69, 9.17) is 0 Å². The Morgan fingerprint density at radius 1 is 1.41 bits per heavy atom. The summed E-state index contributed by atoms with van der Waals surface area (Å²) in [6.45, 7) is 1.57. The molecule has 1 fully saturated rings. The van der Waals surface area contributed by atoms with E-state index in [0.29, 0.717) is 5.92 Å². The van der Waals surface area contributed by atoms with Gasteiger partial charge in [0.1, 0.15) is 6.04 Å². The number of amides is 1. The number of likely N-dealkylation sites (N-methyl/N-ethyl adjacent to an activating group) is 1. The third kappa shape index (κ3) is 2.89. The first-order chi connectivity index (χ1) is 10.7. The monoisotopic (exact) mass is 302 g/mol. The number of aromatic amines is 1. The van der Waals surface area contributed by atoms with Crippen molar-refractivity contribution in [3.63, 3.8) is 0 Å². The Balaban J connectivity index is 1.63. The number of nitrogens with zero attached hydrogens (tertiary/aromatic N) is 4. The Bertz CT molecular complexity index is 612. The first-order valence-electron chi connectivity index (χ1n) is 7.62. The molecule has 22 heavy (non-hydrogen) atoms. The van der Waals surface area contributed by atoms with Crippen LogP contribution in [0, 0.1) is 0 Å². The van der Waals surface area contributed by atoms with Crippen molar-refractivity contribution in [1.29, 1.82) is 0 Å². The Labute approximate surface area is 129 Å². The molecular formula is C15H22N6O. The molecule has 0 saturated carbocycles. The number of H-pyrrole nitrogens is 1. The van der Waals surface area contributed by atoms with Gasteiger partial charge in [-0.25, -0.2) is 0 Å². The van der Waals surface area contributed by atoms with Crippen molar-refractivity contribution < 1.29 is 4.79 Å². The van der Waals surface area contributed by atoms with E-state index in [0.717, 1.165) is 31.5 Å². The van der Waals surface area contributed by atoms with E-state index in [1.54, 1.807) is 10.9 Å². The maximum atomic E-state index is 12.7. The van der Waals surface area contributed by atoms with E-state index < -0.39 is 0 Å². The SMILES string of the molecule is CNC(C(=O)N1CCC(c2cn[nH]c2)CC1)c1cnn(C)c1. The smallest absolute Gasteiger partial charge is 0.244 e. The van der Waals surface area contributed by atoms with Crippen LogP contribution in [0.2, 0.25) is 0 Å². The maximum absolute atomic E-state index is 12.7. The van der Waals surface area contributed by atoms with Gasteiger partial charge in [-0.15, -0.1) is 0 Å². The highest BCUT2D eigenvalue weighted by molar-refractivity contribution is 5.83. The molecular weight excluding hydrogens is 280 g/mol. The van der Waals surface area contributed by atoms with Gasteiger partial charge in [0.15, 0.2) is 0 Å². The number of aromatic nitrogens is 4. The molecule has 0 bridgehead atoms. The molecule has 2 N–H and O–H groups in total. The number of hydrogen-bond acceptors (Lipinski definition) is 4. The third-order valence-electron chi connectivity index (χ3n) is 4.39. The summed E-state index contributed by atoms with van der Waals surface area (Å²) in [6.07, 6.45) is 9.43. The van der Waals surface area contributed by atoms with Gasteiger partial charge in [-0.3, -0.25) is 14.6 Å². The molecule has 7 nitrogen and oxygen atoms in total. The highest BCUT2D eigenvalue weighted by atomic mass is 16.2.